The molecule has 0 spiro atoms. The predicted molar refractivity (Wildman–Crippen MR) is 54.8 cm³/mol. The van der Waals surface area contributed by atoms with Crippen LogP contribution in [0.4, 0.5) is 0 Å². The van der Waals surface area contributed by atoms with Gasteiger partial charge in [-0.1, -0.05) is 35.6 Å². The standard InChI is InChI=1S/C10H10N2S/c1-7-5-3-4-6-9(7)10-12-11-8(2)13-10/h3-6H,1-2H3. The summed E-state index contributed by atoms with van der Waals surface area (Å²) in [6.07, 6.45) is 0. The minimum atomic E-state index is 1.01. The highest BCUT2D eigenvalue weighted by atomic mass is 32.1. The van der Waals surface area contributed by atoms with Crippen molar-refractivity contribution in [3.05, 3.63) is 34.8 Å². The minimum Gasteiger partial charge on any atom is -0.143 e. The second-order valence-corrected chi connectivity index (χ2v) is 4.12. The van der Waals surface area contributed by atoms with E-state index in [1.54, 1.807) is 11.3 Å². The van der Waals surface area contributed by atoms with Crippen molar-refractivity contribution in [2.24, 2.45) is 0 Å². The molecule has 2 aromatic rings. The molecule has 0 fully saturated rings. The molecule has 13 heavy (non-hydrogen) atoms. The molecule has 0 amide bonds. The maximum Gasteiger partial charge on any atom is 0.148 e. The Balaban J connectivity index is 2.52. The van der Waals surface area contributed by atoms with Gasteiger partial charge in [-0.15, -0.1) is 10.2 Å². The van der Waals surface area contributed by atoms with E-state index in [-0.39, 0.29) is 0 Å². The summed E-state index contributed by atoms with van der Waals surface area (Å²) in [5.41, 5.74) is 2.44. The Morgan fingerprint density at radius 1 is 1.08 bits per heavy atom. The van der Waals surface area contributed by atoms with Crippen LogP contribution in [0.1, 0.15) is 10.6 Å². The summed E-state index contributed by atoms with van der Waals surface area (Å²) < 4.78 is 0. The van der Waals surface area contributed by atoms with E-state index in [1.807, 2.05) is 19.1 Å². The highest BCUT2D eigenvalue weighted by Crippen LogP contribution is 2.25. The topological polar surface area (TPSA) is 25.8 Å². The van der Waals surface area contributed by atoms with Crippen LogP contribution in [0.15, 0.2) is 24.3 Å². The fourth-order valence-electron chi connectivity index (χ4n) is 1.22. The van der Waals surface area contributed by atoms with Gasteiger partial charge < -0.3 is 0 Å². The third kappa shape index (κ3) is 1.60. The molecule has 1 aromatic heterocycles. The van der Waals surface area contributed by atoms with Crippen LogP contribution in [0.2, 0.25) is 0 Å². The van der Waals surface area contributed by atoms with E-state index in [9.17, 15) is 0 Å². The first-order chi connectivity index (χ1) is 6.27. The lowest BCUT2D eigenvalue weighted by Gasteiger charge is -1.98. The lowest BCUT2D eigenvalue weighted by molar-refractivity contribution is 1.05. The molecule has 1 heterocycles. The molecule has 2 nitrogen and oxygen atoms in total. The second-order valence-electron chi connectivity index (χ2n) is 2.94. The Labute approximate surface area is 81.3 Å². The van der Waals surface area contributed by atoms with Crippen molar-refractivity contribution in [2.75, 3.05) is 0 Å². The van der Waals surface area contributed by atoms with Gasteiger partial charge in [0.25, 0.3) is 0 Å². The number of rotatable bonds is 1. The number of aryl methyl sites for hydroxylation is 2. The zero-order chi connectivity index (χ0) is 9.26. The largest absolute Gasteiger partial charge is 0.148 e. The van der Waals surface area contributed by atoms with Gasteiger partial charge in [-0.3, -0.25) is 0 Å². The Bertz CT molecular complexity index is 420. The van der Waals surface area contributed by atoms with Crippen LogP contribution in [0, 0.1) is 13.8 Å². The fourth-order valence-corrected chi connectivity index (χ4v) is 2.00. The summed E-state index contributed by atoms with van der Waals surface area (Å²) in [4.78, 5) is 0. The summed E-state index contributed by atoms with van der Waals surface area (Å²) in [6, 6.07) is 8.23. The third-order valence-corrected chi connectivity index (χ3v) is 2.77. The van der Waals surface area contributed by atoms with Gasteiger partial charge in [-0.25, -0.2) is 0 Å². The molecular formula is C10H10N2S. The highest BCUT2D eigenvalue weighted by molar-refractivity contribution is 7.14. The van der Waals surface area contributed by atoms with Gasteiger partial charge in [0, 0.05) is 5.56 Å². The molecule has 0 N–H and O–H groups in total. The van der Waals surface area contributed by atoms with Crippen molar-refractivity contribution in [3.63, 3.8) is 0 Å². The van der Waals surface area contributed by atoms with Gasteiger partial charge >= 0.3 is 0 Å². The molecule has 0 aliphatic heterocycles. The normalized spacial score (nSPS) is 10.3. The number of benzene rings is 1. The lowest BCUT2D eigenvalue weighted by atomic mass is 10.1. The average molecular weight is 190 g/mol. The maximum atomic E-state index is 4.12. The summed E-state index contributed by atoms with van der Waals surface area (Å²) in [5, 5.41) is 10.1. The lowest BCUT2D eigenvalue weighted by Crippen LogP contribution is -1.80. The fraction of sp³-hybridized carbons (Fsp3) is 0.200. The van der Waals surface area contributed by atoms with Gasteiger partial charge in [-0.05, 0) is 19.4 Å². The molecule has 0 aliphatic rings. The molecule has 3 heteroatoms. The molecule has 0 aliphatic carbocycles. The molecule has 2 rings (SSSR count). The molecule has 0 radical (unpaired) electrons. The molecule has 0 saturated carbocycles. The van der Waals surface area contributed by atoms with Gasteiger partial charge in [0.2, 0.25) is 0 Å². The van der Waals surface area contributed by atoms with Crippen LogP contribution in [0.3, 0.4) is 0 Å². The molecule has 0 saturated heterocycles. The monoisotopic (exact) mass is 190 g/mol. The molecule has 66 valence electrons. The zero-order valence-corrected chi connectivity index (χ0v) is 8.43. The van der Waals surface area contributed by atoms with Crippen molar-refractivity contribution < 1.29 is 0 Å². The van der Waals surface area contributed by atoms with Crippen LogP contribution >= 0.6 is 11.3 Å². The van der Waals surface area contributed by atoms with Crippen molar-refractivity contribution in [1.29, 1.82) is 0 Å². The van der Waals surface area contributed by atoms with Crippen LogP contribution in [-0.2, 0) is 0 Å². The van der Waals surface area contributed by atoms with E-state index in [1.165, 1.54) is 11.1 Å². The molecule has 0 bridgehead atoms. The van der Waals surface area contributed by atoms with E-state index in [2.05, 4.69) is 29.3 Å². The Hall–Kier alpha value is -1.22. The van der Waals surface area contributed by atoms with E-state index in [4.69, 9.17) is 0 Å². The number of hydrogen-bond acceptors (Lipinski definition) is 3. The van der Waals surface area contributed by atoms with Gasteiger partial charge in [0.15, 0.2) is 0 Å². The summed E-state index contributed by atoms with van der Waals surface area (Å²) >= 11 is 1.63. The molecular weight excluding hydrogens is 180 g/mol. The smallest absolute Gasteiger partial charge is 0.143 e. The quantitative estimate of drug-likeness (QED) is 0.691. The maximum absolute atomic E-state index is 4.12. The molecule has 0 unspecified atom stereocenters. The first-order valence-corrected chi connectivity index (χ1v) is 4.95. The summed E-state index contributed by atoms with van der Waals surface area (Å²) in [7, 11) is 0. The van der Waals surface area contributed by atoms with Gasteiger partial charge in [0.05, 0.1) is 0 Å². The van der Waals surface area contributed by atoms with Crippen molar-refractivity contribution in [1.82, 2.24) is 10.2 Å². The first kappa shape index (κ1) is 8.38. The van der Waals surface area contributed by atoms with E-state index >= 15 is 0 Å². The van der Waals surface area contributed by atoms with E-state index < -0.39 is 0 Å². The summed E-state index contributed by atoms with van der Waals surface area (Å²) in [6.45, 7) is 4.06. The van der Waals surface area contributed by atoms with Gasteiger partial charge in [0.1, 0.15) is 10.0 Å². The Morgan fingerprint density at radius 2 is 1.85 bits per heavy atom. The first-order valence-electron chi connectivity index (χ1n) is 4.13. The third-order valence-electron chi connectivity index (χ3n) is 1.90. The second kappa shape index (κ2) is 3.26. The number of aromatic nitrogens is 2. The van der Waals surface area contributed by atoms with Crippen LogP contribution in [0.5, 0.6) is 0 Å². The van der Waals surface area contributed by atoms with Crippen molar-refractivity contribution in [2.45, 2.75) is 13.8 Å². The highest BCUT2D eigenvalue weighted by Gasteiger charge is 2.05. The van der Waals surface area contributed by atoms with Crippen LogP contribution in [-0.4, -0.2) is 10.2 Å². The van der Waals surface area contributed by atoms with Crippen molar-refractivity contribution >= 4 is 11.3 Å². The minimum absolute atomic E-state index is 1.01. The molecule has 0 atom stereocenters. The summed E-state index contributed by atoms with van der Waals surface area (Å²) in [5.74, 6) is 0. The van der Waals surface area contributed by atoms with Crippen molar-refractivity contribution in [3.8, 4) is 10.6 Å². The van der Waals surface area contributed by atoms with E-state index in [0.717, 1.165) is 10.0 Å². The number of hydrogen-bond donors (Lipinski definition) is 0. The number of nitrogens with zero attached hydrogens (tertiary/aromatic N) is 2. The van der Waals surface area contributed by atoms with Crippen LogP contribution < -0.4 is 0 Å². The average Bonchev–Trinajstić information content (AvgIpc) is 2.53. The van der Waals surface area contributed by atoms with E-state index in [0.29, 0.717) is 0 Å². The zero-order valence-electron chi connectivity index (χ0n) is 7.61. The Kier molecular flexibility index (Phi) is 2.10. The molecule has 1 aromatic carbocycles. The van der Waals surface area contributed by atoms with Gasteiger partial charge in [-0.2, -0.15) is 0 Å². The predicted octanol–water partition coefficient (Wildman–Crippen LogP) is 2.82. The Morgan fingerprint density at radius 3 is 2.46 bits per heavy atom. The SMILES string of the molecule is Cc1nnc(-c2ccccc2C)s1. The van der Waals surface area contributed by atoms with Crippen LogP contribution in [0.25, 0.3) is 10.6 Å².